The van der Waals surface area contributed by atoms with Gasteiger partial charge in [-0.25, -0.2) is 5.43 Å². The molecule has 0 aliphatic rings. The zero-order valence-electron chi connectivity index (χ0n) is 14.2. The lowest BCUT2D eigenvalue weighted by Gasteiger charge is -2.07. The molecule has 132 valence electrons. The lowest BCUT2D eigenvalue weighted by atomic mass is 10.1. The molecule has 0 bridgehead atoms. The molecule has 3 aromatic rings. The SMILES string of the molecule is COc1cccc(/C=N\NC(=O)COc2ccc3ccccc3c2)c1O. The molecule has 0 heterocycles. The summed E-state index contributed by atoms with van der Waals surface area (Å²) in [6.07, 6.45) is 1.34. The number of hydrogen-bond donors (Lipinski definition) is 2. The molecular formula is C20H18N2O4. The first-order valence-corrected chi connectivity index (χ1v) is 7.97. The molecule has 6 nitrogen and oxygen atoms in total. The van der Waals surface area contributed by atoms with E-state index in [0.717, 1.165) is 10.8 Å². The minimum absolute atomic E-state index is 0.0413. The Labute approximate surface area is 150 Å². The van der Waals surface area contributed by atoms with Gasteiger partial charge in [-0.05, 0) is 35.0 Å². The first kappa shape index (κ1) is 17.3. The van der Waals surface area contributed by atoms with E-state index in [1.807, 2.05) is 42.5 Å². The summed E-state index contributed by atoms with van der Waals surface area (Å²) in [6.45, 7) is -0.167. The zero-order chi connectivity index (χ0) is 18.4. The van der Waals surface area contributed by atoms with Gasteiger partial charge in [0.15, 0.2) is 18.1 Å². The van der Waals surface area contributed by atoms with Crippen LogP contribution in [0.4, 0.5) is 0 Å². The third-order valence-electron chi connectivity index (χ3n) is 3.73. The van der Waals surface area contributed by atoms with E-state index in [4.69, 9.17) is 9.47 Å². The summed E-state index contributed by atoms with van der Waals surface area (Å²) in [4.78, 5) is 11.8. The van der Waals surface area contributed by atoms with Crippen molar-refractivity contribution in [1.82, 2.24) is 5.43 Å². The fraction of sp³-hybridized carbons (Fsp3) is 0.100. The van der Waals surface area contributed by atoms with E-state index in [0.29, 0.717) is 17.1 Å². The van der Waals surface area contributed by atoms with Crippen molar-refractivity contribution in [3.8, 4) is 17.2 Å². The van der Waals surface area contributed by atoms with Crippen molar-refractivity contribution >= 4 is 22.9 Å². The molecule has 3 aromatic carbocycles. The highest BCUT2D eigenvalue weighted by Gasteiger charge is 2.06. The topological polar surface area (TPSA) is 80.2 Å². The molecule has 0 aliphatic heterocycles. The molecule has 0 aromatic heterocycles. The summed E-state index contributed by atoms with van der Waals surface area (Å²) >= 11 is 0. The van der Waals surface area contributed by atoms with Gasteiger partial charge in [0.05, 0.1) is 13.3 Å². The van der Waals surface area contributed by atoms with Crippen LogP contribution >= 0.6 is 0 Å². The highest BCUT2D eigenvalue weighted by molar-refractivity contribution is 5.86. The number of hydrogen-bond acceptors (Lipinski definition) is 5. The van der Waals surface area contributed by atoms with Crippen molar-refractivity contribution < 1.29 is 19.4 Å². The Morgan fingerprint density at radius 1 is 1.12 bits per heavy atom. The Balaban J connectivity index is 1.55. The smallest absolute Gasteiger partial charge is 0.277 e. The van der Waals surface area contributed by atoms with Gasteiger partial charge in [-0.1, -0.05) is 36.4 Å². The molecule has 0 saturated heterocycles. The molecule has 0 spiro atoms. The standard InChI is InChI=1S/C20H18N2O4/c1-25-18-8-4-7-16(20(18)24)12-21-22-19(23)13-26-17-10-9-14-5-2-3-6-15(14)11-17/h2-12,24H,13H2,1H3,(H,22,23)/b21-12-. The monoisotopic (exact) mass is 350 g/mol. The van der Waals surface area contributed by atoms with E-state index >= 15 is 0 Å². The summed E-state index contributed by atoms with van der Waals surface area (Å²) in [5.41, 5.74) is 2.79. The third-order valence-corrected chi connectivity index (χ3v) is 3.73. The number of ether oxygens (including phenoxy) is 2. The van der Waals surface area contributed by atoms with Crippen LogP contribution in [0.3, 0.4) is 0 Å². The molecule has 6 heteroatoms. The number of phenols is 1. The molecule has 0 radical (unpaired) electrons. The van der Waals surface area contributed by atoms with Gasteiger partial charge in [0.25, 0.3) is 5.91 Å². The second kappa shape index (κ2) is 8.02. The number of hydrazone groups is 1. The summed E-state index contributed by atoms with van der Waals surface area (Å²) in [6, 6.07) is 18.5. The second-order valence-electron chi connectivity index (χ2n) is 5.49. The number of carbonyl (C=O) groups excluding carboxylic acids is 1. The van der Waals surface area contributed by atoms with Crippen molar-refractivity contribution in [2.45, 2.75) is 0 Å². The average Bonchev–Trinajstić information content (AvgIpc) is 2.67. The Hall–Kier alpha value is -3.54. The number of nitrogens with one attached hydrogen (secondary N) is 1. The van der Waals surface area contributed by atoms with Gasteiger partial charge in [0.2, 0.25) is 0 Å². The van der Waals surface area contributed by atoms with Crippen LogP contribution in [0, 0.1) is 0 Å². The Morgan fingerprint density at radius 2 is 1.92 bits per heavy atom. The molecule has 3 rings (SSSR count). The van der Waals surface area contributed by atoms with Crippen LogP contribution in [-0.4, -0.2) is 30.9 Å². The lowest BCUT2D eigenvalue weighted by molar-refractivity contribution is -0.123. The molecule has 0 unspecified atom stereocenters. The van der Waals surface area contributed by atoms with E-state index in [9.17, 15) is 9.90 Å². The Morgan fingerprint density at radius 3 is 2.73 bits per heavy atom. The van der Waals surface area contributed by atoms with Crippen LogP contribution in [0.25, 0.3) is 10.8 Å². The van der Waals surface area contributed by atoms with Crippen LogP contribution < -0.4 is 14.9 Å². The number of para-hydroxylation sites is 1. The summed E-state index contributed by atoms with van der Waals surface area (Å²) in [5.74, 6) is 0.491. The van der Waals surface area contributed by atoms with Crippen molar-refractivity contribution in [3.05, 3.63) is 66.2 Å². The molecule has 0 aliphatic carbocycles. The molecule has 26 heavy (non-hydrogen) atoms. The Kier molecular flexibility index (Phi) is 5.34. The number of rotatable bonds is 6. The largest absolute Gasteiger partial charge is 0.504 e. The number of benzene rings is 3. The van der Waals surface area contributed by atoms with Crippen LogP contribution in [0.1, 0.15) is 5.56 Å². The van der Waals surface area contributed by atoms with Crippen LogP contribution in [-0.2, 0) is 4.79 Å². The molecule has 0 saturated carbocycles. The van der Waals surface area contributed by atoms with Gasteiger partial charge in [0, 0.05) is 5.56 Å². The molecule has 1 amide bonds. The quantitative estimate of drug-likeness (QED) is 0.529. The number of aromatic hydroxyl groups is 1. The van der Waals surface area contributed by atoms with E-state index in [2.05, 4.69) is 10.5 Å². The second-order valence-corrected chi connectivity index (χ2v) is 5.49. The lowest BCUT2D eigenvalue weighted by Crippen LogP contribution is -2.24. The highest BCUT2D eigenvalue weighted by atomic mass is 16.5. The predicted octanol–water partition coefficient (Wildman–Crippen LogP) is 3.08. The van der Waals surface area contributed by atoms with Gasteiger partial charge in [0.1, 0.15) is 5.75 Å². The first-order valence-electron chi connectivity index (χ1n) is 7.97. The van der Waals surface area contributed by atoms with Gasteiger partial charge in [-0.15, -0.1) is 0 Å². The number of amides is 1. The van der Waals surface area contributed by atoms with Gasteiger partial charge < -0.3 is 14.6 Å². The van der Waals surface area contributed by atoms with E-state index < -0.39 is 5.91 Å². The maximum absolute atomic E-state index is 11.8. The summed E-state index contributed by atoms with van der Waals surface area (Å²) in [5, 5.41) is 15.9. The fourth-order valence-corrected chi connectivity index (χ4v) is 2.42. The van der Waals surface area contributed by atoms with Gasteiger partial charge in [-0.2, -0.15) is 5.10 Å². The first-order chi connectivity index (χ1) is 12.7. The maximum Gasteiger partial charge on any atom is 0.277 e. The van der Waals surface area contributed by atoms with Crippen molar-refractivity contribution in [3.63, 3.8) is 0 Å². The number of fused-ring (bicyclic) bond motifs is 1. The molecule has 0 fully saturated rings. The van der Waals surface area contributed by atoms with Crippen molar-refractivity contribution in [2.75, 3.05) is 13.7 Å². The average molecular weight is 350 g/mol. The predicted molar refractivity (Wildman–Crippen MR) is 99.8 cm³/mol. The third kappa shape index (κ3) is 4.10. The summed E-state index contributed by atoms with van der Waals surface area (Å²) < 4.78 is 10.5. The normalized spacial score (nSPS) is 10.8. The molecule has 0 atom stereocenters. The summed E-state index contributed by atoms with van der Waals surface area (Å²) in [7, 11) is 1.46. The van der Waals surface area contributed by atoms with Gasteiger partial charge in [-0.3, -0.25) is 4.79 Å². The van der Waals surface area contributed by atoms with E-state index in [1.54, 1.807) is 18.2 Å². The number of phenolic OH excluding ortho intramolecular Hbond substituents is 1. The van der Waals surface area contributed by atoms with Crippen molar-refractivity contribution in [2.24, 2.45) is 5.10 Å². The van der Waals surface area contributed by atoms with E-state index in [-0.39, 0.29) is 12.4 Å². The van der Waals surface area contributed by atoms with Crippen LogP contribution in [0.15, 0.2) is 65.8 Å². The number of carbonyl (C=O) groups is 1. The minimum Gasteiger partial charge on any atom is -0.504 e. The van der Waals surface area contributed by atoms with Crippen LogP contribution in [0.5, 0.6) is 17.2 Å². The highest BCUT2D eigenvalue weighted by Crippen LogP contribution is 2.27. The maximum atomic E-state index is 11.8. The van der Waals surface area contributed by atoms with E-state index in [1.165, 1.54) is 13.3 Å². The Bertz CT molecular complexity index is 953. The molecular weight excluding hydrogens is 332 g/mol. The molecule has 2 N–H and O–H groups in total. The number of methoxy groups -OCH3 is 1. The fourth-order valence-electron chi connectivity index (χ4n) is 2.42. The minimum atomic E-state index is -0.406. The zero-order valence-corrected chi connectivity index (χ0v) is 14.2. The van der Waals surface area contributed by atoms with Crippen molar-refractivity contribution in [1.29, 1.82) is 0 Å². The number of nitrogens with zero attached hydrogens (tertiary/aromatic N) is 1. The van der Waals surface area contributed by atoms with Gasteiger partial charge >= 0.3 is 0 Å². The van der Waals surface area contributed by atoms with Crippen LogP contribution in [0.2, 0.25) is 0 Å².